The second-order valence-corrected chi connectivity index (χ2v) is 12.2. The van der Waals surface area contributed by atoms with Crippen LogP contribution in [0.5, 0.6) is 11.5 Å². The number of halogens is 1. The molecule has 5 rings (SSSR count). The maximum atomic E-state index is 12.5. The molecule has 0 radical (unpaired) electrons. The molecule has 1 fully saturated rings. The first-order valence-corrected chi connectivity index (χ1v) is 15.4. The van der Waals surface area contributed by atoms with Crippen molar-refractivity contribution in [3.63, 3.8) is 0 Å². The minimum Gasteiger partial charge on any atom is -0.457 e. The van der Waals surface area contributed by atoms with Gasteiger partial charge in [0.15, 0.2) is 11.4 Å². The molecule has 0 saturated carbocycles. The number of rotatable bonds is 12. The Bertz CT molecular complexity index is 1630. The van der Waals surface area contributed by atoms with Crippen molar-refractivity contribution in [3.05, 3.63) is 82.5 Å². The third-order valence-electron chi connectivity index (χ3n) is 7.57. The van der Waals surface area contributed by atoms with E-state index in [1.165, 1.54) is 0 Å². The number of ether oxygens (including phenoxy) is 1. The van der Waals surface area contributed by atoms with Crippen molar-refractivity contribution in [1.82, 2.24) is 24.5 Å². The average molecular weight is 617 g/mol. The molecule has 4 aromatic rings. The van der Waals surface area contributed by atoms with Crippen LogP contribution in [-0.4, -0.2) is 70.0 Å². The number of ketones is 1. The van der Waals surface area contributed by atoms with Gasteiger partial charge in [0.1, 0.15) is 11.5 Å². The summed E-state index contributed by atoms with van der Waals surface area (Å²) in [5.41, 5.74) is 9.76. The highest BCUT2D eigenvalue weighted by Gasteiger charge is 2.22. The van der Waals surface area contributed by atoms with E-state index < -0.39 is 0 Å². The molecular weight excluding hydrogens is 576 g/mol. The van der Waals surface area contributed by atoms with Crippen molar-refractivity contribution in [3.8, 4) is 11.5 Å². The third kappa shape index (κ3) is 7.93. The number of hydrogen-bond donors (Lipinski definition) is 2. The van der Waals surface area contributed by atoms with Gasteiger partial charge in [-0.15, -0.1) is 0 Å². The Balaban J connectivity index is 1.30. The maximum absolute atomic E-state index is 12.5. The van der Waals surface area contributed by atoms with Crippen molar-refractivity contribution < 1.29 is 9.53 Å². The average Bonchev–Trinajstić information content (AvgIpc) is 3.43. The second kappa shape index (κ2) is 14.2. The molecule has 0 unspecified atom stereocenters. The third-order valence-corrected chi connectivity index (χ3v) is 7.94. The molecule has 0 aliphatic carbocycles. The summed E-state index contributed by atoms with van der Waals surface area (Å²) >= 11 is 6.41. The van der Waals surface area contributed by atoms with E-state index in [0.717, 1.165) is 48.3 Å². The molecule has 2 aromatic heterocycles. The number of fused-ring (bicyclic) bond motifs is 1. The molecule has 0 atom stereocenters. The number of carbonyl (C=O) groups is 1. The van der Waals surface area contributed by atoms with E-state index in [1.807, 2.05) is 61.6 Å². The largest absolute Gasteiger partial charge is 0.457 e. The van der Waals surface area contributed by atoms with Crippen LogP contribution in [0.1, 0.15) is 49.3 Å². The molecule has 11 heteroatoms. The van der Waals surface area contributed by atoms with E-state index in [1.54, 1.807) is 22.7 Å². The number of allylic oxidation sites excluding steroid dienone is 1. The molecule has 44 heavy (non-hydrogen) atoms. The highest BCUT2D eigenvalue weighted by Crippen LogP contribution is 2.29. The zero-order valence-corrected chi connectivity index (χ0v) is 26.6. The molecule has 10 nitrogen and oxygen atoms in total. The normalized spacial score (nSPS) is 14.3. The number of aromatic nitrogens is 4. The zero-order valence-electron chi connectivity index (χ0n) is 25.8. The molecule has 0 bridgehead atoms. The van der Waals surface area contributed by atoms with E-state index in [9.17, 15) is 4.79 Å². The monoisotopic (exact) mass is 616 g/mol. The first-order valence-electron chi connectivity index (χ1n) is 15.1. The van der Waals surface area contributed by atoms with Crippen LogP contribution in [0.25, 0.3) is 5.65 Å². The van der Waals surface area contributed by atoms with Crippen molar-refractivity contribution in [2.24, 2.45) is 5.73 Å². The van der Waals surface area contributed by atoms with E-state index in [0.29, 0.717) is 41.5 Å². The van der Waals surface area contributed by atoms with Crippen LogP contribution in [0.15, 0.2) is 60.8 Å². The van der Waals surface area contributed by atoms with E-state index >= 15 is 0 Å². The van der Waals surface area contributed by atoms with Gasteiger partial charge >= 0.3 is 0 Å². The van der Waals surface area contributed by atoms with Gasteiger partial charge in [-0.05, 0) is 80.4 Å². The molecule has 0 spiro atoms. The second-order valence-electron chi connectivity index (χ2n) is 11.8. The highest BCUT2D eigenvalue weighted by atomic mass is 35.5. The lowest BCUT2D eigenvalue weighted by Gasteiger charge is -2.30. The van der Waals surface area contributed by atoms with E-state index in [4.69, 9.17) is 32.0 Å². The summed E-state index contributed by atoms with van der Waals surface area (Å²) in [5, 5.41) is 8.62. The van der Waals surface area contributed by atoms with Gasteiger partial charge < -0.3 is 25.6 Å². The van der Waals surface area contributed by atoms with Crippen molar-refractivity contribution in [2.75, 3.05) is 43.9 Å². The standard InChI is InChI=1S/C33H41ClN8O2/c1-22(2)29-21-37-42-31(29)38-33(41-15-12-25(35)13-16-41)39-32(42)36-20-23-7-5-9-27(17-23)44-28-10-11-30(34)24(19-28)18-26(43)8-6-14-40(3)4/h5-11,17,19,21-22,25H,12-16,18,20,35H2,1-4H3,(H,36,38,39)/b8-6+. The Morgan fingerprint density at radius 2 is 1.93 bits per heavy atom. The smallest absolute Gasteiger partial charge is 0.230 e. The molecule has 1 aliphatic heterocycles. The molecule has 1 aliphatic rings. The Hall–Kier alpha value is -3.99. The Kier molecular flexibility index (Phi) is 10.1. The SMILES string of the molecule is CC(C)c1cnn2c(NCc3cccc(Oc4ccc(Cl)c(CC(=O)/C=C/CN(C)C)c4)c3)nc(N3CCC(N)CC3)nc12. The summed E-state index contributed by atoms with van der Waals surface area (Å²) in [6, 6.07) is 13.5. The fourth-order valence-corrected chi connectivity index (χ4v) is 5.26. The lowest BCUT2D eigenvalue weighted by Crippen LogP contribution is -2.40. The first-order chi connectivity index (χ1) is 21.2. The van der Waals surface area contributed by atoms with Crippen LogP contribution < -0.4 is 20.7 Å². The minimum absolute atomic E-state index is 0.0116. The van der Waals surface area contributed by atoms with Crippen LogP contribution in [0.3, 0.4) is 0 Å². The van der Waals surface area contributed by atoms with E-state index in [-0.39, 0.29) is 24.2 Å². The molecule has 232 valence electrons. The minimum atomic E-state index is -0.0116. The number of likely N-dealkylation sites (N-methyl/N-ethyl adjacent to an activating group) is 1. The number of carbonyl (C=O) groups excluding carboxylic acids is 1. The van der Waals surface area contributed by atoms with Gasteiger partial charge in [0.05, 0.1) is 6.20 Å². The number of piperidine rings is 1. The fraction of sp³-hybridized carbons (Fsp3) is 0.394. The van der Waals surface area contributed by atoms with Crippen LogP contribution >= 0.6 is 11.6 Å². The van der Waals surface area contributed by atoms with Gasteiger partial charge in [0.2, 0.25) is 11.9 Å². The molecule has 3 N–H and O–H groups in total. The summed E-state index contributed by atoms with van der Waals surface area (Å²) in [4.78, 5) is 26.4. The Morgan fingerprint density at radius 3 is 2.68 bits per heavy atom. The summed E-state index contributed by atoms with van der Waals surface area (Å²) in [7, 11) is 3.91. The molecule has 2 aromatic carbocycles. The molecular formula is C33H41ClN8O2. The zero-order chi connectivity index (χ0) is 31.2. The van der Waals surface area contributed by atoms with Gasteiger partial charge in [-0.25, -0.2) is 0 Å². The lowest BCUT2D eigenvalue weighted by atomic mass is 10.1. The van der Waals surface area contributed by atoms with Gasteiger partial charge in [0, 0.05) is 49.2 Å². The summed E-state index contributed by atoms with van der Waals surface area (Å²) in [5.74, 6) is 2.87. The first kappa shape index (κ1) is 31.4. The summed E-state index contributed by atoms with van der Waals surface area (Å²) in [6.07, 6.45) is 7.36. The topological polar surface area (TPSA) is 114 Å². The van der Waals surface area contributed by atoms with Crippen molar-refractivity contribution in [1.29, 1.82) is 0 Å². The number of nitrogens with two attached hydrogens (primary N) is 1. The summed E-state index contributed by atoms with van der Waals surface area (Å²) < 4.78 is 7.96. The highest BCUT2D eigenvalue weighted by molar-refractivity contribution is 6.31. The van der Waals surface area contributed by atoms with Crippen LogP contribution in [-0.2, 0) is 17.8 Å². The van der Waals surface area contributed by atoms with Crippen LogP contribution in [0.2, 0.25) is 5.02 Å². The Labute approximate surface area is 263 Å². The number of hydrogen-bond acceptors (Lipinski definition) is 9. The molecule has 1 saturated heterocycles. The number of anilines is 2. The van der Waals surface area contributed by atoms with Crippen molar-refractivity contribution in [2.45, 2.75) is 51.6 Å². The van der Waals surface area contributed by atoms with Gasteiger partial charge in [0.25, 0.3) is 0 Å². The maximum Gasteiger partial charge on any atom is 0.230 e. The Morgan fingerprint density at radius 1 is 1.16 bits per heavy atom. The predicted molar refractivity (Wildman–Crippen MR) is 176 cm³/mol. The number of benzene rings is 2. The van der Waals surface area contributed by atoms with Crippen LogP contribution in [0, 0.1) is 0 Å². The van der Waals surface area contributed by atoms with Crippen LogP contribution in [0.4, 0.5) is 11.9 Å². The van der Waals surface area contributed by atoms with Gasteiger partial charge in [-0.2, -0.15) is 19.6 Å². The van der Waals surface area contributed by atoms with Gasteiger partial charge in [-0.3, -0.25) is 4.79 Å². The van der Waals surface area contributed by atoms with Gasteiger partial charge in [-0.1, -0.05) is 43.7 Å². The summed E-state index contributed by atoms with van der Waals surface area (Å²) in [6.45, 7) is 7.14. The molecule has 3 heterocycles. The number of nitrogens with zero attached hydrogens (tertiary/aromatic N) is 6. The number of nitrogens with one attached hydrogen (secondary N) is 1. The quantitative estimate of drug-likeness (QED) is 0.200. The molecule has 0 amide bonds. The van der Waals surface area contributed by atoms with E-state index in [2.05, 4.69) is 29.2 Å². The predicted octanol–water partition coefficient (Wildman–Crippen LogP) is 5.46. The lowest BCUT2D eigenvalue weighted by molar-refractivity contribution is -0.114. The fourth-order valence-electron chi connectivity index (χ4n) is 5.07. The van der Waals surface area contributed by atoms with Crippen molar-refractivity contribution >= 4 is 34.9 Å².